The van der Waals surface area contributed by atoms with Gasteiger partial charge >= 0.3 is 0 Å². The number of aromatic nitrogens is 4. The maximum atomic E-state index is 12.5. The minimum Gasteiger partial charge on any atom is -0.481 e. The lowest BCUT2D eigenvalue weighted by molar-refractivity contribution is -0.122. The number of hydrogen-bond donors (Lipinski definition) is 1. The molecule has 2 aromatic heterocycles. The van der Waals surface area contributed by atoms with Crippen molar-refractivity contribution in [3.63, 3.8) is 0 Å². The first-order chi connectivity index (χ1) is 16.3. The van der Waals surface area contributed by atoms with Crippen LogP contribution in [-0.4, -0.2) is 31.2 Å². The fourth-order valence-electron chi connectivity index (χ4n) is 3.39. The summed E-state index contributed by atoms with van der Waals surface area (Å²) < 4.78 is 8.99. The summed E-state index contributed by atoms with van der Waals surface area (Å²) in [5, 5.41) is 2.88. The maximum absolute atomic E-state index is 12.5. The van der Waals surface area contributed by atoms with E-state index in [1.54, 1.807) is 35.8 Å². The molecule has 1 N–H and O–H groups in total. The quantitative estimate of drug-likeness (QED) is 0.376. The van der Waals surface area contributed by atoms with E-state index in [2.05, 4.69) is 15.3 Å². The summed E-state index contributed by atoms with van der Waals surface area (Å²) in [6.45, 7) is 7.67. The average Bonchev–Trinajstić information content (AvgIpc) is 3.24. The summed E-state index contributed by atoms with van der Waals surface area (Å²) >= 11 is 1.56. The molecule has 2 aromatic carbocycles. The molecule has 0 bridgehead atoms. The topological polar surface area (TPSA) is 90.5 Å². The molecule has 34 heavy (non-hydrogen) atoms. The zero-order valence-electron chi connectivity index (χ0n) is 19.6. The van der Waals surface area contributed by atoms with Gasteiger partial charge in [0, 0.05) is 28.4 Å². The monoisotopic (exact) mass is 477 g/mol. The molecule has 0 aliphatic rings. The minimum atomic E-state index is -0.629. The molecule has 8 nitrogen and oxygen atoms in total. The van der Waals surface area contributed by atoms with Gasteiger partial charge in [0.25, 0.3) is 17.2 Å². The molecule has 1 unspecified atom stereocenters. The van der Waals surface area contributed by atoms with E-state index in [1.807, 2.05) is 69.3 Å². The average molecular weight is 478 g/mol. The summed E-state index contributed by atoms with van der Waals surface area (Å²) in [6.07, 6.45) is 1.00. The Bertz CT molecular complexity index is 1360. The van der Waals surface area contributed by atoms with E-state index in [9.17, 15) is 9.59 Å². The van der Waals surface area contributed by atoms with Crippen LogP contribution in [0.2, 0.25) is 0 Å². The van der Waals surface area contributed by atoms with Gasteiger partial charge in [-0.2, -0.15) is 9.50 Å². The molecule has 0 aliphatic carbocycles. The van der Waals surface area contributed by atoms with Crippen molar-refractivity contribution in [1.29, 1.82) is 0 Å². The number of carbonyl (C=O) groups is 1. The molecule has 1 atom stereocenters. The van der Waals surface area contributed by atoms with Crippen LogP contribution in [0, 0.1) is 6.92 Å². The zero-order chi connectivity index (χ0) is 24.2. The van der Waals surface area contributed by atoms with Gasteiger partial charge in [0.05, 0.1) is 5.69 Å². The van der Waals surface area contributed by atoms with Crippen molar-refractivity contribution in [2.45, 2.75) is 50.5 Å². The Balaban J connectivity index is 1.35. The number of amides is 1. The Morgan fingerprint density at radius 3 is 2.59 bits per heavy atom. The van der Waals surface area contributed by atoms with Gasteiger partial charge in [0.15, 0.2) is 6.10 Å². The highest BCUT2D eigenvalue weighted by atomic mass is 32.2. The number of anilines is 1. The van der Waals surface area contributed by atoms with Crippen LogP contribution >= 0.6 is 11.8 Å². The van der Waals surface area contributed by atoms with E-state index in [1.165, 1.54) is 4.52 Å². The van der Waals surface area contributed by atoms with Gasteiger partial charge in [-0.15, -0.1) is 11.8 Å². The van der Waals surface area contributed by atoms with E-state index < -0.39 is 6.10 Å². The standard InChI is InChI=1S/C25H27N5O3S/c1-16(2)29-15-26-25-28-20(13-23(31)30(25)29)14-34-22-10-8-19(9-11-22)27-24(32)18(4)33-21-7-5-6-17(3)12-21/h5-13,15-16,18H,14H2,1-4H3,(H,27,32). The normalized spacial score (nSPS) is 12.1. The summed E-state index contributed by atoms with van der Waals surface area (Å²) in [6, 6.07) is 16.8. The Morgan fingerprint density at radius 2 is 1.88 bits per heavy atom. The van der Waals surface area contributed by atoms with Crippen molar-refractivity contribution >= 4 is 29.1 Å². The lowest BCUT2D eigenvalue weighted by Crippen LogP contribution is -2.30. The highest BCUT2D eigenvalue weighted by molar-refractivity contribution is 7.98. The van der Waals surface area contributed by atoms with Gasteiger partial charge in [-0.25, -0.2) is 4.98 Å². The summed E-state index contributed by atoms with van der Waals surface area (Å²) in [5.41, 5.74) is 2.28. The van der Waals surface area contributed by atoms with Crippen molar-refractivity contribution in [1.82, 2.24) is 19.2 Å². The second-order valence-electron chi connectivity index (χ2n) is 8.29. The fraction of sp³-hybridized carbons (Fsp3) is 0.280. The SMILES string of the molecule is Cc1cccc(OC(C)C(=O)Nc2ccc(SCc3cc(=O)n4c(ncn4C(C)C)n3)cc2)c1. The molecule has 1 amide bonds. The molecule has 2 heterocycles. The number of rotatable bonds is 8. The van der Waals surface area contributed by atoms with Crippen LogP contribution < -0.4 is 15.6 Å². The molecule has 4 rings (SSSR count). The van der Waals surface area contributed by atoms with Crippen LogP contribution in [0.15, 0.2) is 70.6 Å². The number of thioether (sulfide) groups is 1. The summed E-state index contributed by atoms with van der Waals surface area (Å²) in [5.74, 6) is 1.38. The van der Waals surface area contributed by atoms with E-state index in [0.717, 1.165) is 10.5 Å². The summed E-state index contributed by atoms with van der Waals surface area (Å²) in [4.78, 5) is 34.8. The number of nitrogens with zero attached hydrogens (tertiary/aromatic N) is 4. The predicted molar refractivity (Wildman–Crippen MR) is 134 cm³/mol. The van der Waals surface area contributed by atoms with Crippen molar-refractivity contribution in [3.8, 4) is 5.75 Å². The van der Waals surface area contributed by atoms with Gasteiger partial charge in [0.2, 0.25) is 0 Å². The Labute approximate surface area is 202 Å². The molecule has 0 radical (unpaired) electrons. The van der Waals surface area contributed by atoms with Gasteiger partial charge in [-0.3, -0.25) is 14.3 Å². The van der Waals surface area contributed by atoms with Crippen LogP contribution in [-0.2, 0) is 10.5 Å². The second kappa shape index (κ2) is 10.1. The number of nitrogens with one attached hydrogen (secondary N) is 1. The third kappa shape index (κ3) is 5.48. The first kappa shape index (κ1) is 23.6. The van der Waals surface area contributed by atoms with E-state index in [0.29, 0.717) is 28.7 Å². The van der Waals surface area contributed by atoms with Gasteiger partial charge in [-0.1, -0.05) is 12.1 Å². The van der Waals surface area contributed by atoms with Crippen molar-refractivity contribution < 1.29 is 9.53 Å². The maximum Gasteiger partial charge on any atom is 0.274 e. The van der Waals surface area contributed by atoms with Crippen LogP contribution in [0.3, 0.4) is 0 Å². The molecule has 0 aliphatic heterocycles. The van der Waals surface area contributed by atoms with Crippen molar-refractivity contribution in [3.05, 3.63) is 82.5 Å². The van der Waals surface area contributed by atoms with Crippen molar-refractivity contribution in [2.24, 2.45) is 0 Å². The molecule has 9 heteroatoms. The van der Waals surface area contributed by atoms with E-state index >= 15 is 0 Å². The third-order valence-corrected chi connectivity index (χ3v) is 6.21. The molecule has 4 aromatic rings. The largest absolute Gasteiger partial charge is 0.481 e. The number of carbonyl (C=O) groups excluding carboxylic acids is 1. The first-order valence-corrected chi connectivity index (χ1v) is 12.0. The summed E-state index contributed by atoms with van der Waals surface area (Å²) in [7, 11) is 0. The fourth-order valence-corrected chi connectivity index (χ4v) is 4.18. The highest BCUT2D eigenvalue weighted by Gasteiger charge is 2.15. The number of ether oxygens (including phenoxy) is 1. The molecule has 0 saturated heterocycles. The predicted octanol–water partition coefficient (Wildman–Crippen LogP) is 4.48. The van der Waals surface area contributed by atoms with Crippen LogP contribution in [0.25, 0.3) is 5.78 Å². The molecule has 0 fully saturated rings. The number of aryl methyl sites for hydroxylation is 1. The Kier molecular flexibility index (Phi) is 7.02. The van der Waals surface area contributed by atoms with Crippen molar-refractivity contribution in [2.75, 3.05) is 5.32 Å². The van der Waals surface area contributed by atoms with Crippen LogP contribution in [0.4, 0.5) is 5.69 Å². The van der Waals surface area contributed by atoms with Crippen LogP contribution in [0.5, 0.6) is 5.75 Å². The Morgan fingerprint density at radius 1 is 1.12 bits per heavy atom. The number of hydrogen-bond acceptors (Lipinski definition) is 6. The molecule has 176 valence electrons. The lowest BCUT2D eigenvalue weighted by atomic mass is 10.2. The second-order valence-corrected chi connectivity index (χ2v) is 9.34. The highest BCUT2D eigenvalue weighted by Crippen LogP contribution is 2.24. The number of benzene rings is 2. The lowest BCUT2D eigenvalue weighted by Gasteiger charge is -2.15. The van der Waals surface area contributed by atoms with Gasteiger partial charge in [-0.05, 0) is 69.7 Å². The first-order valence-electron chi connectivity index (χ1n) is 11.0. The number of fused-ring (bicyclic) bond motifs is 1. The zero-order valence-corrected chi connectivity index (χ0v) is 20.4. The molecular weight excluding hydrogens is 450 g/mol. The van der Waals surface area contributed by atoms with E-state index in [4.69, 9.17) is 4.74 Å². The minimum absolute atomic E-state index is 0.112. The third-order valence-electron chi connectivity index (χ3n) is 5.16. The molecule has 0 saturated carbocycles. The smallest absolute Gasteiger partial charge is 0.274 e. The van der Waals surface area contributed by atoms with Gasteiger partial charge < -0.3 is 10.1 Å². The molecular formula is C25H27N5O3S. The van der Waals surface area contributed by atoms with Crippen LogP contribution in [0.1, 0.15) is 38.1 Å². The van der Waals surface area contributed by atoms with E-state index in [-0.39, 0.29) is 17.5 Å². The Hall–Kier alpha value is -3.59. The molecule has 0 spiro atoms. The van der Waals surface area contributed by atoms with Gasteiger partial charge in [0.1, 0.15) is 12.1 Å².